The fraction of sp³-hybridized carbons (Fsp3) is 0.158. The topological polar surface area (TPSA) is 55.4 Å². The van der Waals surface area contributed by atoms with Gasteiger partial charge in [-0.15, -0.1) is 0 Å². The van der Waals surface area contributed by atoms with Gasteiger partial charge >= 0.3 is 0 Å². The lowest BCUT2D eigenvalue weighted by molar-refractivity contribution is -0.118. The van der Waals surface area contributed by atoms with Crippen molar-refractivity contribution in [2.24, 2.45) is 0 Å². The maximum absolute atomic E-state index is 11.3. The molecule has 116 valence electrons. The number of hydrogen-bond donors (Lipinski definition) is 1. The molecule has 1 amide bonds. The standard InChI is InChI=1S/C19H17NO3/c1-13(21)10-15-5-2-14(3-6-15)4-7-16-8-9-18-17(11-16)20-19(22)12-23-18/h2-9,11H,10,12H2,1H3,(H,20,22). The minimum absolute atomic E-state index is 0.0643. The van der Waals surface area contributed by atoms with Crippen molar-refractivity contribution in [3.63, 3.8) is 0 Å². The molecule has 1 aliphatic heterocycles. The quantitative estimate of drug-likeness (QED) is 0.882. The number of ketones is 1. The molecule has 3 rings (SSSR count). The highest BCUT2D eigenvalue weighted by Gasteiger charge is 2.15. The third-order valence-corrected chi connectivity index (χ3v) is 3.54. The predicted molar refractivity (Wildman–Crippen MR) is 90.3 cm³/mol. The van der Waals surface area contributed by atoms with Gasteiger partial charge in [-0.25, -0.2) is 0 Å². The van der Waals surface area contributed by atoms with Gasteiger partial charge in [0.25, 0.3) is 5.91 Å². The Bertz CT molecular complexity index is 776. The zero-order chi connectivity index (χ0) is 16.2. The average Bonchev–Trinajstić information content (AvgIpc) is 2.53. The van der Waals surface area contributed by atoms with E-state index in [1.54, 1.807) is 6.92 Å². The van der Waals surface area contributed by atoms with Crippen molar-refractivity contribution in [1.82, 2.24) is 0 Å². The van der Waals surface area contributed by atoms with Crippen molar-refractivity contribution in [2.75, 3.05) is 11.9 Å². The van der Waals surface area contributed by atoms with Crippen LogP contribution in [0.3, 0.4) is 0 Å². The molecule has 0 bridgehead atoms. The van der Waals surface area contributed by atoms with E-state index in [0.717, 1.165) is 16.7 Å². The molecule has 2 aromatic rings. The van der Waals surface area contributed by atoms with Crippen LogP contribution in [0.5, 0.6) is 5.75 Å². The van der Waals surface area contributed by atoms with Crippen LogP contribution in [-0.4, -0.2) is 18.3 Å². The maximum Gasteiger partial charge on any atom is 0.262 e. The first-order valence-electron chi connectivity index (χ1n) is 7.43. The van der Waals surface area contributed by atoms with E-state index >= 15 is 0 Å². The number of Topliss-reactive ketones (excluding diaryl/α,β-unsaturated/α-hetero) is 1. The fourth-order valence-corrected chi connectivity index (χ4v) is 2.43. The molecule has 1 aliphatic rings. The first-order chi connectivity index (χ1) is 11.1. The SMILES string of the molecule is CC(=O)Cc1ccc(C=Cc2ccc3c(c2)NC(=O)CO3)cc1. The van der Waals surface area contributed by atoms with Gasteiger partial charge in [-0.2, -0.15) is 0 Å². The van der Waals surface area contributed by atoms with Gasteiger partial charge in [0.1, 0.15) is 11.5 Å². The number of hydrogen-bond acceptors (Lipinski definition) is 3. The highest BCUT2D eigenvalue weighted by Crippen LogP contribution is 2.29. The molecule has 0 fully saturated rings. The Kier molecular flexibility index (Phi) is 4.24. The van der Waals surface area contributed by atoms with Crippen LogP contribution in [0.25, 0.3) is 12.2 Å². The average molecular weight is 307 g/mol. The van der Waals surface area contributed by atoms with E-state index < -0.39 is 0 Å². The summed E-state index contributed by atoms with van der Waals surface area (Å²) in [6.45, 7) is 1.65. The summed E-state index contributed by atoms with van der Waals surface area (Å²) in [5, 5.41) is 2.79. The van der Waals surface area contributed by atoms with Crippen molar-refractivity contribution in [2.45, 2.75) is 13.3 Å². The monoisotopic (exact) mass is 307 g/mol. The van der Waals surface area contributed by atoms with Crippen LogP contribution >= 0.6 is 0 Å². The molecule has 23 heavy (non-hydrogen) atoms. The van der Waals surface area contributed by atoms with Gasteiger partial charge in [-0.05, 0) is 35.7 Å². The Morgan fingerprint density at radius 3 is 2.57 bits per heavy atom. The number of ether oxygens (including phenoxy) is 1. The van der Waals surface area contributed by atoms with E-state index in [0.29, 0.717) is 17.9 Å². The lowest BCUT2D eigenvalue weighted by Crippen LogP contribution is -2.25. The molecule has 0 radical (unpaired) electrons. The van der Waals surface area contributed by atoms with Crippen LogP contribution < -0.4 is 10.1 Å². The van der Waals surface area contributed by atoms with E-state index in [9.17, 15) is 9.59 Å². The van der Waals surface area contributed by atoms with Crippen LogP contribution in [-0.2, 0) is 16.0 Å². The molecular formula is C19H17NO3. The smallest absolute Gasteiger partial charge is 0.262 e. The molecule has 0 unspecified atom stereocenters. The van der Waals surface area contributed by atoms with Gasteiger partial charge in [-0.3, -0.25) is 9.59 Å². The molecule has 0 saturated carbocycles. The number of fused-ring (bicyclic) bond motifs is 1. The van der Waals surface area contributed by atoms with Crippen molar-refractivity contribution < 1.29 is 14.3 Å². The Labute approximate surface area is 134 Å². The second-order valence-electron chi connectivity index (χ2n) is 5.55. The van der Waals surface area contributed by atoms with Crippen LogP contribution in [0.2, 0.25) is 0 Å². The molecule has 1 N–H and O–H groups in total. The first-order valence-corrected chi connectivity index (χ1v) is 7.43. The van der Waals surface area contributed by atoms with Crippen LogP contribution in [0, 0.1) is 0 Å². The van der Waals surface area contributed by atoms with E-state index in [-0.39, 0.29) is 18.3 Å². The van der Waals surface area contributed by atoms with Crippen molar-refractivity contribution in [3.05, 3.63) is 59.2 Å². The summed E-state index contributed by atoms with van der Waals surface area (Å²) >= 11 is 0. The highest BCUT2D eigenvalue weighted by atomic mass is 16.5. The second kappa shape index (κ2) is 6.48. The van der Waals surface area contributed by atoms with E-state index in [2.05, 4.69) is 5.32 Å². The molecule has 4 heteroatoms. The molecule has 0 spiro atoms. The van der Waals surface area contributed by atoms with Crippen LogP contribution in [0.15, 0.2) is 42.5 Å². The van der Waals surface area contributed by atoms with Crippen molar-refractivity contribution in [3.8, 4) is 5.75 Å². The number of nitrogens with one attached hydrogen (secondary N) is 1. The lowest BCUT2D eigenvalue weighted by atomic mass is 10.1. The molecule has 4 nitrogen and oxygen atoms in total. The number of benzene rings is 2. The summed E-state index contributed by atoms with van der Waals surface area (Å²) in [6, 6.07) is 13.6. The number of rotatable bonds is 4. The minimum atomic E-state index is -0.139. The summed E-state index contributed by atoms with van der Waals surface area (Å²) in [5.41, 5.74) is 3.74. The molecule has 1 heterocycles. The lowest BCUT2D eigenvalue weighted by Gasteiger charge is -2.17. The summed E-state index contributed by atoms with van der Waals surface area (Å²) < 4.78 is 5.33. The maximum atomic E-state index is 11.3. The van der Waals surface area contributed by atoms with Crippen molar-refractivity contribution in [1.29, 1.82) is 0 Å². The van der Waals surface area contributed by atoms with E-state index in [1.165, 1.54) is 0 Å². The summed E-state index contributed by atoms with van der Waals surface area (Å²) in [6.07, 6.45) is 4.43. The number of carbonyl (C=O) groups is 2. The third-order valence-electron chi connectivity index (χ3n) is 3.54. The third kappa shape index (κ3) is 3.86. The Morgan fingerprint density at radius 2 is 1.83 bits per heavy atom. The molecule has 0 saturated heterocycles. The number of amides is 1. The Hall–Kier alpha value is -2.88. The van der Waals surface area contributed by atoms with Gasteiger partial charge in [0.15, 0.2) is 6.61 Å². The van der Waals surface area contributed by atoms with E-state index in [1.807, 2.05) is 54.6 Å². The minimum Gasteiger partial charge on any atom is -0.482 e. The largest absolute Gasteiger partial charge is 0.482 e. The Balaban J connectivity index is 1.74. The molecule has 0 atom stereocenters. The van der Waals surface area contributed by atoms with Gasteiger partial charge in [-0.1, -0.05) is 42.5 Å². The number of carbonyl (C=O) groups excluding carboxylic acids is 2. The fourth-order valence-electron chi connectivity index (χ4n) is 2.43. The van der Waals surface area contributed by atoms with Gasteiger partial charge in [0.05, 0.1) is 5.69 Å². The van der Waals surface area contributed by atoms with Crippen LogP contribution in [0.4, 0.5) is 5.69 Å². The van der Waals surface area contributed by atoms with Crippen molar-refractivity contribution >= 4 is 29.5 Å². The molecule has 0 aliphatic carbocycles. The summed E-state index contributed by atoms with van der Waals surface area (Å²) in [5.74, 6) is 0.710. The summed E-state index contributed by atoms with van der Waals surface area (Å²) in [4.78, 5) is 22.4. The molecule has 2 aromatic carbocycles. The first kappa shape index (κ1) is 15.0. The van der Waals surface area contributed by atoms with Crippen LogP contribution in [0.1, 0.15) is 23.6 Å². The Morgan fingerprint density at radius 1 is 1.13 bits per heavy atom. The molecule has 0 aromatic heterocycles. The van der Waals surface area contributed by atoms with Gasteiger partial charge < -0.3 is 10.1 Å². The summed E-state index contributed by atoms with van der Waals surface area (Å²) in [7, 11) is 0. The number of anilines is 1. The molecular weight excluding hydrogens is 290 g/mol. The predicted octanol–water partition coefficient (Wildman–Crippen LogP) is 3.32. The zero-order valence-corrected chi connectivity index (χ0v) is 12.8. The van der Waals surface area contributed by atoms with Gasteiger partial charge in [0.2, 0.25) is 0 Å². The normalized spacial score (nSPS) is 13.3. The van der Waals surface area contributed by atoms with Gasteiger partial charge in [0, 0.05) is 6.42 Å². The zero-order valence-electron chi connectivity index (χ0n) is 12.8. The highest BCUT2D eigenvalue weighted by molar-refractivity contribution is 5.95. The second-order valence-corrected chi connectivity index (χ2v) is 5.55. The van der Waals surface area contributed by atoms with E-state index in [4.69, 9.17) is 4.74 Å².